The summed E-state index contributed by atoms with van der Waals surface area (Å²) in [5.41, 5.74) is 3.58. The van der Waals surface area contributed by atoms with Crippen LogP contribution in [0, 0.1) is 6.92 Å². The molecule has 0 spiro atoms. The molecule has 2 aromatic heterocycles. The van der Waals surface area contributed by atoms with E-state index in [1.165, 1.54) is 0 Å². The van der Waals surface area contributed by atoms with Crippen LogP contribution in [0.2, 0.25) is 0 Å². The van der Waals surface area contributed by atoms with E-state index < -0.39 is 0 Å². The summed E-state index contributed by atoms with van der Waals surface area (Å²) in [7, 11) is 0. The molecule has 1 aliphatic carbocycles. The Bertz CT molecular complexity index is 1530. The normalized spacial score (nSPS) is 13.0. The van der Waals surface area contributed by atoms with E-state index in [1.54, 1.807) is 36.4 Å². The number of nitrogens with zero attached hydrogens (tertiary/aromatic N) is 4. The zero-order chi connectivity index (χ0) is 20.4. The first-order valence-corrected chi connectivity index (χ1v) is 9.57. The lowest BCUT2D eigenvalue weighted by atomic mass is 9.83. The Balaban J connectivity index is 1.69. The molecule has 0 aliphatic heterocycles. The van der Waals surface area contributed by atoms with Crippen molar-refractivity contribution in [2.75, 3.05) is 0 Å². The van der Waals surface area contributed by atoms with Gasteiger partial charge in [-0.05, 0) is 19.1 Å². The van der Waals surface area contributed by atoms with Gasteiger partial charge in [0.15, 0.2) is 23.0 Å². The maximum Gasteiger partial charge on any atom is 0.196 e. The summed E-state index contributed by atoms with van der Waals surface area (Å²) in [5, 5.41) is 9.47. The van der Waals surface area contributed by atoms with Gasteiger partial charge in [-0.1, -0.05) is 54.6 Å². The highest BCUT2D eigenvalue weighted by molar-refractivity contribution is 6.32. The van der Waals surface area contributed by atoms with Gasteiger partial charge >= 0.3 is 0 Å². The predicted molar refractivity (Wildman–Crippen MR) is 112 cm³/mol. The molecule has 30 heavy (non-hydrogen) atoms. The van der Waals surface area contributed by atoms with Crippen molar-refractivity contribution in [3.05, 3.63) is 94.8 Å². The summed E-state index contributed by atoms with van der Waals surface area (Å²) in [4.78, 5) is 31.1. The number of hydrogen-bond acceptors (Lipinski definition) is 5. The van der Waals surface area contributed by atoms with Crippen LogP contribution >= 0.6 is 0 Å². The van der Waals surface area contributed by atoms with Crippen LogP contribution in [0.4, 0.5) is 0 Å². The highest BCUT2D eigenvalue weighted by atomic mass is 16.1. The van der Waals surface area contributed by atoms with E-state index in [-0.39, 0.29) is 11.6 Å². The average molecular weight is 390 g/mol. The van der Waals surface area contributed by atoms with Gasteiger partial charge in [-0.15, -0.1) is 10.2 Å². The first kappa shape index (κ1) is 16.7. The number of aromatic nitrogens is 4. The van der Waals surface area contributed by atoms with Crippen molar-refractivity contribution in [3.63, 3.8) is 0 Å². The van der Waals surface area contributed by atoms with E-state index >= 15 is 0 Å². The number of hydrogen-bond donors (Lipinski definition) is 0. The van der Waals surface area contributed by atoms with Crippen molar-refractivity contribution < 1.29 is 9.59 Å². The summed E-state index contributed by atoms with van der Waals surface area (Å²) in [5.74, 6) is 0.981. The number of ketones is 2. The Morgan fingerprint density at radius 1 is 0.733 bits per heavy atom. The van der Waals surface area contributed by atoms with E-state index in [0.29, 0.717) is 50.5 Å². The van der Waals surface area contributed by atoms with Gasteiger partial charge in [-0.3, -0.25) is 14.0 Å². The second kappa shape index (κ2) is 5.90. The maximum atomic E-state index is 13.3. The van der Waals surface area contributed by atoms with Gasteiger partial charge in [-0.2, -0.15) is 0 Å². The standard InChI is InChI=1S/C24H14N4O2/c1-13-25-20-18(24-27-26-23(28(13)24)14-7-3-2-4-8-14)12-11-17-19(20)22(30)16-10-6-5-9-15(16)21(17)29/h2-12H,1H3. The minimum absolute atomic E-state index is 0.159. The molecule has 2 heterocycles. The number of rotatable bonds is 1. The quantitative estimate of drug-likeness (QED) is 0.424. The lowest BCUT2D eigenvalue weighted by Crippen LogP contribution is -2.21. The lowest BCUT2D eigenvalue weighted by molar-refractivity contribution is 0.0980. The van der Waals surface area contributed by atoms with Gasteiger partial charge in [0.1, 0.15) is 5.82 Å². The molecule has 3 aromatic carbocycles. The fourth-order valence-corrected chi connectivity index (χ4v) is 4.22. The number of benzene rings is 3. The monoisotopic (exact) mass is 390 g/mol. The molecule has 0 radical (unpaired) electrons. The molecular formula is C24H14N4O2. The number of carbonyl (C=O) groups excluding carboxylic acids is 2. The van der Waals surface area contributed by atoms with Crippen molar-refractivity contribution in [2.24, 2.45) is 0 Å². The van der Waals surface area contributed by atoms with Gasteiger partial charge in [-0.25, -0.2) is 4.98 Å². The summed E-state index contributed by atoms with van der Waals surface area (Å²) in [6.07, 6.45) is 0. The smallest absolute Gasteiger partial charge is 0.196 e. The van der Waals surface area contributed by atoms with Crippen LogP contribution in [0.25, 0.3) is 27.9 Å². The Kier molecular flexibility index (Phi) is 3.29. The molecule has 0 atom stereocenters. The Hall–Kier alpha value is -4.19. The van der Waals surface area contributed by atoms with Crippen molar-refractivity contribution in [1.29, 1.82) is 0 Å². The van der Waals surface area contributed by atoms with Crippen LogP contribution in [0.1, 0.15) is 37.7 Å². The molecule has 1 aliphatic rings. The molecule has 0 saturated carbocycles. The summed E-state index contributed by atoms with van der Waals surface area (Å²) < 4.78 is 1.88. The van der Waals surface area contributed by atoms with Crippen LogP contribution in [0.5, 0.6) is 0 Å². The molecular weight excluding hydrogens is 376 g/mol. The highest BCUT2D eigenvalue weighted by Crippen LogP contribution is 2.34. The van der Waals surface area contributed by atoms with Gasteiger partial charge < -0.3 is 0 Å². The predicted octanol–water partition coefficient (Wildman–Crippen LogP) is 4.03. The Labute approximate surface area is 170 Å². The fraction of sp³-hybridized carbons (Fsp3) is 0.0417. The number of carbonyl (C=O) groups is 2. The van der Waals surface area contributed by atoms with Crippen molar-refractivity contribution in [1.82, 2.24) is 19.6 Å². The number of aryl methyl sites for hydroxylation is 1. The van der Waals surface area contributed by atoms with Crippen LogP contribution < -0.4 is 0 Å². The second-order valence-electron chi connectivity index (χ2n) is 7.30. The largest absolute Gasteiger partial charge is 0.289 e. The van der Waals surface area contributed by atoms with E-state index in [0.717, 1.165) is 5.56 Å². The van der Waals surface area contributed by atoms with E-state index in [4.69, 9.17) is 4.98 Å². The molecule has 0 amide bonds. The molecule has 6 rings (SSSR count). The zero-order valence-corrected chi connectivity index (χ0v) is 16.0. The lowest BCUT2D eigenvalue weighted by Gasteiger charge is -2.19. The highest BCUT2D eigenvalue weighted by Gasteiger charge is 2.32. The van der Waals surface area contributed by atoms with Crippen LogP contribution in [-0.4, -0.2) is 31.1 Å². The van der Waals surface area contributed by atoms with E-state index in [1.807, 2.05) is 41.7 Å². The van der Waals surface area contributed by atoms with E-state index in [2.05, 4.69) is 10.2 Å². The summed E-state index contributed by atoms with van der Waals surface area (Å²) in [6.45, 7) is 1.85. The third-order valence-corrected chi connectivity index (χ3v) is 5.60. The number of fused-ring (bicyclic) bond motifs is 6. The van der Waals surface area contributed by atoms with Crippen LogP contribution in [0.3, 0.4) is 0 Å². The minimum Gasteiger partial charge on any atom is -0.289 e. The van der Waals surface area contributed by atoms with Crippen molar-refractivity contribution in [3.8, 4) is 11.4 Å². The van der Waals surface area contributed by atoms with Crippen LogP contribution in [0.15, 0.2) is 66.7 Å². The molecule has 0 fully saturated rings. The minimum atomic E-state index is -0.190. The molecule has 0 bridgehead atoms. The maximum absolute atomic E-state index is 13.3. The zero-order valence-electron chi connectivity index (χ0n) is 16.0. The van der Waals surface area contributed by atoms with Gasteiger partial charge in [0.05, 0.1) is 11.1 Å². The Morgan fingerprint density at radius 2 is 1.43 bits per heavy atom. The van der Waals surface area contributed by atoms with Gasteiger partial charge in [0, 0.05) is 27.6 Å². The summed E-state index contributed by atoms with van der Waals surface area (Å²) in [6, 6.07) is 20.2. The molecule has 142 valence electrons. The third kappa shape index (κ3) is 2.10. The fourth-order valence-electron chi connectivity index (χ4n) is 4.22. The molecule has 6 heteroatoms. The first-order chi connectivity index (χ1) is 14.6. The molecule has 0 N–H and O–H groups in total. The molecule has 5 aromatic rings. The molecule has 0 saturated heterocycles. The van der Waals surface area contributed by atoms with Crippen molar-refractivity contribution >= 4 is 28.1 Å². The first-order valence-electron chi connectivity index (χ1n) is 9.57. The van der Waals surface area contributed by atoms with E-state index in [9.17, 15) is 9.59 Å². The third-order valence-electron chi connectivity index (χ3n) is 5.60. The Morgan fingerprint density at radius 3 is 2.20 bits per heavy atom. The van der Waals surface area contributed by atoms with Crippen LogP contribution in [-0.2, 0) is 0 Å². The van der Waals surface area contributed by atoms with Gasteiger partial charge in [0.2, 0.25) is 0 Å². The van der Waals surface area contributed by atoms with Crippen molar-refractivity contribution in [2.45, 2.75) is 6.92 Å². The summed E-state index contributed by atoms with van der Waals surface area (Å²) >= 11 is 0. The average Bonchev–Trinajstić information content (AvgIpc) is 3.24. The second-order valence-corrected chi connectivity index (χ2v) is 7.30. The molecule has 0 unspecified atom stereocenters. The molecule has 6 nitrogen and oxygen atoms in total. The SMILES string of the molecule is Cc1nc2c3c(ccc2c2nnc(-c4ccccc4)n12)C(=O)c1ccccc1C3=O. The van der Waals surface area contributed by atoms with Gasteiger partial charge in [0.25, 0.3) is 0 Å². The topological polar surface area (TPSA) is 77.2 Å².